The molecule has 0 aliphatic heterocycles. The molecular formula is C19H19N3OS. The van der Waals surface area contributed by atoms with E-state index in [1.807, 2.05) is 50.2 Å². The van der Waals surface area contributed by atoms with Gasteiger partial charge in [0.15, 0.2) is 0 Å². The zero-order valence-electron chi connectivity index (χ0n) is 13.7. The molecule has 122 valence electrons. The quantitative estimate of drug-likeness (QED) is 0.767. The number of aromatic nitrogens is 2. The van der Waals surface area contributed by atoms with Crippen molar-refractivity contribution in [3.8, 4) is 21.8 Å². The van der Waals surface area contributed by atoms with Gasteiger partial charge in [0.25, 0.3) is 0 Å². The van der Waals surface area contributed by atoms with Gasteiger partial charge >= 0.3 is 0 Å². The molecule has 0 spiro atoms. The van der Waals surface area contributed by atoms with E-state index in [1.54, 1.807) is 23.7 Å². The number of hydrogen-bond acceptors (Lipinski definition) is 4. The van der Waals surface area contributed by atoms with Gasteiger partial charge in [-0.2, -0.15) is 0 Å². The Kier molecular flexibility index (Phi) is 5.01. The molecule has 24 heavy (non-hydrogen) atoms. The van der Waals surface area contributed by atoms with Crippen LogP contribution in [0, 0.1) is 0 Å². The number of nitrogens with one attached hydrogen (secondary N) is 1. The van der Waals surface area contributed by atoms with E-state index in [-0.39, 0.29) is 11.9 Å². The molecule has 0 saturated carbocycles. The lowest BCUT2D eigenvalue weighted by atomic mass is 10.1. The van der Waals surface area contributed by atoms with Gasteiger partial charge in [-0.1, -0.05) is 24.3 Å². The Morgan fingerprint density at radius 2 is 1.79 bits per heavy atom. The second-order valence-electron chi connectivity index (χ2n) is 5.87. The molecule has 5 heteroatoms. The maximum Gasteiger partial charge on any atom is 0.224 e. The van der Waals surface area contributed by atoms with Gasteiger partial charge in [0, 0.05) is 34.9 Å². The second kappa shape index (κ2) is 7.36. The standard InChI is InChI=1S/C19H19N3OS/c1-13(2)21-18(23)11-14-3-5-15(6-4-14)17-12-24-19(22-17)16-7-9-20-10-8-16/h3-10,12-13H,11H2,1-2H3,(H,21,23). The van der Waals surface area contributed by atoms with Crippen LogP contribution < -0.4 is 5.32 Å². The molecular weight excluding hydrogens is 318 g/mol. The van der Waals surface area contributed by atoms with E-state index in [0.29, 0.717) is 6.42 Å². The molecule has 1 N–H and O–H groups in total. The van der Waals surface area contributed by atoms with Gasteiger partial charge in [0.1, 0.15) is 5.01 Å². The van der Waals surface area contributed by atoms with Crippen LogP contribution in [-0.4, -0.2) is 21.9 Å². The first-order valence-corrected chi connectivity index (χ1v) is 8.74. The highest BCUT2D eigenvalue weighted by atomic mass is 32.1. The van der Waals surface area contributed by atoms with Crippen molar-refractivity contribution < 1.29 is 4.79 Å². The van der Waals surface area contributed by atoms with E-state index in [2.05, 4.69) is 15.7 Å². The summed E-state index contributed by atoms with van der Waals surface area (Å²) in [6.45, 7) is 3.92. The summed E-state index contributed by atoms with van der Waals surface area (Å²) in [6, 6.07) is 12.1. The molecule has 0 radical (unpaired) electrons. The third-order valence-electron chi connectivity index (χ3n) is 3.50. The highest BCUT2D eigenvalue weighted by Crippen LogP contribution is 2.28. The van der Waals surface area contributed by atoms with Crippen molar-refractivity contribution in [2.24, 2.45) is 0 Å². The third kappa shape index (κ3) is 4.06. The minimum atomic E-state index is 0.0476. The molecule has 0 aliphatic carbocycles. The van der Waals surface area contributed by atoms with E-state index in [0.717, 1.165) is 27.4 Å². The first kappa shape index (κ1) is 16.3. The first-order chi connectivity index (χ1) is 11.6. The van der Waals surface area contributed by atoms with Crippen molar-refractivity contribution in [2.45, 2.75) is 26.3 Å². The van der Waals surface area contributed by atoms with Crippen LogP contribution in [0.4, 0.5) is 0 Å². The number of benzene rings is 1. The SMILES string of the molecule is CC(C)NC(=O)Cc1ccc(-c2csc(-c3ccncc3)n2)cc1. The fourth-order valence-corrected chi connectivity index (χ4v) is 3.22. The summed E-state index contributed by atoms with van der Waals surface area (Å²) < 4.78 is 0. The van der Waals surface area contributed by atoms with Gasteiger partial charge in [-0.3, -0.25) is 9.78 Å². The van der Waals surface area contributed by atoms with Crippen LogP contribution in [0.2, 0.25) is 0 Å². The van der Waals surface area contributed by atoms with Crippen molar-refractivity contribution in [3.63, 3.8) is 0 Å². The number of thiazole rings is 1. The minimum Gasteiger partial charge on any atom is -0.354 e. The van der Waals surface area contributed by atoms with Crippen LogP contribution in [0.1, 0.15) is 19.4 Å². The number of amides is 1. The van der Waals surface area contributed by atoms with Crippen LogP contribution in [0.25, 0.3) is 21.8 Å². The normalized spacial score (nSPS) is 10.8. The number of carbonyl (C=O) groups excluding carboxylic acids is 1. The van der Waals surface area contributed by atoms with E-state index in [1.165, 1.54) is 0 Å². The van der Waals surface area contributed by atoms with E-state index < -0.39 is 0 Å². The predicted octanol–water partition coefficient (Wildman–Crippen LogP) is 3.94. The molecule has 0 atom stereocenters. The Bertz CT molecular complexity index is 810. The fraction of sp³-hybridized carbons (Fsp3) is 0.211. The molecule has 0 bridgehead atoms. The molecule has 0 unspecified atom stereocenters. The Morgan fingerprint density at radius 1 is 1.08 bits per heavy atom. The van der Waals surface area contributed by atoms with Crippen LogP contribution >= 0.6 is 11.3 Å². The molecule has 3 rings (SSSR count). The van der Waals surface area contributed by atoms with Gasteiger partial charge in [0.05, 0.1) is 12.1 Å². The maximum atomic E-state index is 11.8. The summed E-state index contributed by atoms with van der Waals surface area (Å²) in [7, 11) is 0. The highest BCUT2D eigenvalue weighted by molar-refractivity contribution is 7.13. The summed E-state index contributed by atoms with van der Waals surface area (Å²) in [4.78, 5) is 20.5. The van der Waals surface area contributed by atoms with Crippen molar-refractivity contribution in [3.05, 3.63) is 59.7 Å². The van der Waals surface area contributed by atoms with Crippen LogP contribution in [0.5, 0.6) is 0 Å². The molecule has 0 fully saturated rings. The number of rotatable bonds is 5. The molecule has 0 aliphatic rings. The predicted molar refractivity (Wildman–Crippen MR) is 97.8 cm³/mol. The van der Waals surface area contributed by atoms with Crippen LogP contribution in [0.15, 0.2) is 54.2 Å². The minimum absolute atomic E-state index is 0.0476. The second-order valence-corrected chi connectivity index (χ2v) is 6.73. The Labute approximate surface area is 145 Å². The molecule has 0 saturated heterocycles. The summed E-state index contributed by atoms with van der Waals surface area (Å²) in [5.41, 5.74) is 4.08. The smallest absolute Gasteiger partial charge is 0.224 e. The van der Waals surface area contributed by atoms with Crippen molar-refractivity contribution >= 4 is 17.2 Å². The van der Waals surface area contributed by atoms with E-state index >= 15 is 0 Å². The van der Waals surface area contributed by atoms with E-state index in [4.69, 9.17) is 4.98 Å². The lowest BCUT2D eigenvalue weighted by molar-refractivity contribution is -0.120. The summed E-state index contributed by atoms with van der Waals surface area (Å²) in [5.74, 6) is 0.0476. The molecule has 2 heterocycles. The average Bonchev–Trinajstić information content (AvgIpc) is 3.05. The molecule has 3 aromatic rings. The van der Waals surface area contributed by atoms with Crippen molar-refractivity contribution in [1.82, 2.24) is 15.3 Å². The Hall–Kier alpha value is -2.53. The van der Waals surface area contributed by atoms with Gasteiger partial charge in [0.2, 0.25) is 5.91 Å². The number of pyridine rings is 1. The van der Waals surface area contributed by atoms with Gasteiger partial charge in [-0.15, -0.1) is 11.3 Å². The largest absolute Gasteiger partial charge is 0.354 e. The highest BCUT2D eigenvalue weighted by Gasteiger charge is 2.08. The summed E-state index contributed by atoms with van der Waals surface area (Å²) in [5, 5.41) is 5.94. The molecule has 1 amide bonds. The Balaban J connectivity index is 1.72. The van der Waals surface area contributed by atoms with Crippen molar-refractivity contribution in [1.29, 1.82) is 0 Å². The topological polar surface area (TPSA) is 54.9 Å². The lowest BCUT2D eigenvalue weighted by Crippen LogP contribution is -2.31. The number of hydrogen-bond donors (Lipinski definition) is 1. The third-order valence-corrected chi connectivity index (χ3v) is 4.39. The molecule has 4 nitrogen and oxygen atoms in total. The summed E-state index contributed by atoms with van der Waals surface area (Å²) in [6.07, 6.45) is 3.94. The zero-order chi connectivity index (χ0) is 16.9. The lowest BCUT2D eigenvalue weighted by Gasteiger charge is -2.08. The summed E-state index contributed by atoms with van der Waals surface area (Å²) >= 11 is 1.62. The maximum absolute atomic E-state index is 11.8. The van der Waals surface area contributed by atoms with Gasteiger partial charge in [-0.05, 0) is 31.5 Å². The number of carbonyl (C=O) groups is 1. The first-order valence-electron chi connectivity index (χ1n) is 7.86. The van der Waals surface area contributed by atoms with Gasteiger partial charge < -0.3 is 5.32 Å². The van der Waals surface area contributed by atoms with Crippen LogP contribution in [0.3, 0.4) is 0 Å². The molecule has 1 aromatic carbocycles. The fourth-order valence-electron chi connectivity index (χ4n) is 2.39. The average molecular weight is 337 g/mol. The Morgan fingerprint density at radius 3 is 2.46 bits per heavy atom. The zero-order valence-corrected chi connectivity index (χ0v) is 14.5. The van der Waals surface area contributed by atoms with Gasteiger partial charge in [-0.25, -0.2) is 4.98 Å². The monoisotopic (exact) mass is 337 g/mol. The molecule has 2 aromatic heterocycles. The van der Waals surface area contributed by atoms with Crippen molar-refractivity contribution in [2.75, 3.05) is 0 Å². The van der Waals surface area contributed by atoms with E-state index in [9.17, 15) is 4.79 Å². The van der Waals surface area contributed by atoms with Crippen LogP contribution in [-0.2, 0) is 11.2 Å². The number of nitrogens with zero attached hydrogens (tertiary/aromatic N) is 2.